The van der Waals surface area contributed by atoms with E-state index in [4.69, 9.17) is 4.74 Å². The summed E-state index contributed by atoms with van der Waals surface area (Å²) in [7, 11) is 1.53. The number of aromatic hydroxyl groups is 1. The van der Waals surface area contributed by atoms with E-state index in [0.717, 1.165) is 16.9 Å². The van der Waals surface area contributed by atoms with Gasteiger partial charge < -0.3 is 9.84 Å². The molecule has 0 spiro atoms. The van der Waals surface area contributed by atoms with Crippen molar-refractivity contribution in [3.8, 4) is 28.8 Å². The van der Waals surface area contributed by atoms with Gasteiger partial charge in [-0.3, -0.25) is 0 Å². The number of methoxy groups -OCH3 is 1. The molecule has 0 fully saturated rings. The van der Waals surface area contributed by atoms with Crippen molar-refractivity contribution < 1.29 is 23.0 Å². The molecule has 0 aliphatic carbocycles. The van der Waals surface area contributed by atoms with Crippen molar-refractivity contribution in [1.82, 2.24) is 19.7 Å². The molecule has 0 aliphatic heterocycles. The fourth-order valence-electron chi connectivity index (χ4n) is 2.02. The Bertz CT molecular complexity index is 860. The van der Waals surface area contributed by atoms with Gasteiger partial charge in [-0.25, -0.2) is 9.67 Å². The van der Waals surface area contributed by atoms with Gasteiger partial charge in [-0.1, -0.05) is 0 Å². The minimum absolute atomic E-state index is 0.170. The fourth-order valence-corrected chi connectivity index (χ4v) is 2.02. The highest BCUT2D eigenvalue weighted by Crippen LogP contribution is 2.28. The van der Waals surface area contributed by atoms with E-state index >= 15 is 0 Å². The van der Waals surface area contributed by atoms with Gasteiger partial charge in [-0.2, -0.15) is 23.3 Å². The average molecular weight is 336 g/mol. The summed E-state index contributed by atoms with van der Waals surface area (Å²) in [6.07, 6.45) is -3.49. The predicted molar refractivity (Wildman–Crippen MR) is 77.8 cm³/mol. The zero-order valence-electron chi connectivity index (χ0n) is 12.3. The molecule has 0 saturated carbocycles. The van der Waals surface area contributed by atoms with Crippen LogP contribution in [0.25, 0.3) is 17.2 Å². The van der Waals surface area contributed by atoms with Crippen LogP contribution in [0.5, 0.6) is 11.6 Å². The van der Waals surface area contributed by atoms with Crippen LogP contribution in [0.2, 0.25) is 0 Å². The highest BCUT2D eigenvalue weighted by molar-refractivity contribution is 5.61. The Labute approximate surface area is 134 Å². The Morgan fingerprint density at radius 3 is 2.38 bits per heavy atom. The van der Waals surface area contributed by atoms with Crippen molar-refractivity contribution in [2.24, 2.45) is 0 Å². The molecule has 3 aromatic rings. The Morgan fingerprint density at radius 2 is 1.79 bits per heavy atom. The molecule has 0 atom stereocenters. The van der Waals surface area contributed by atoms with Crippen LogP contribution in [0, 0.1) is 0 Å². The van der Waals surface area contributed by atoms with Crippen LogP contribution in [0.3, 0.4) is 0 Å². The third kappa shape index (κ3) is 3.14. The average Bonchev–Trinajstić information content (AvgIpc) is 3.05. The quantitative estimate of drug-likeness (QED) is 0.796. The van der Waals surface area contributed by atoms with Crippen LogP contribution in [0.1, 0.15) is 5.69 Å². The van der Waals surface area contributed by atoms with Crippen LogP contribution >= 0.6 is 0 Å². The molecular formula is C15H11F3N4O2. The third-order valence-corrected chi connectivity index (χ3v) is 3.17. The summed E-state index contributed by atoms with van der Waals surface area (Å²) in [6, 6.07) is 8.91. The number of rotatable bonds is 3. The molecule has 2 aromatic heterocycles. The monoisotopic (exact) mass is 336 g/mol. The topological polar surface area (TPSA) is 73.1 Å². The van der Waals surface area contributed by atoms with E-state index in [-0.39, 0.29) is 11.8 Å². The molecular weight excluding hydrogens is 325 g/mol. The molecule has 9 heteroatoms. The van der Waals surface area contributed by atoms with Crippen molar-refractivity contribution in [1.29, 1.82) is 0 Å². The van der Waals surface area contributed by atoms with Crippen molar-refractivity contribution in [3.63, 3.8) is 0 Å². The number of aromatic nitrogens is 4. The molecule has 0 bridgehead atoms. The van der Waals surface area contributed by atoms with E-state index in [9.17, 15) is 18.3 Å². The van der Waals surface area contributed by atoms with Gasteiger partial charge in [0.15, 0.2) is 5.69 Å². The summed E-state index contributed by atoms with van der Waals surface area (Å²) in [5.74, 6) is 0.0883. The second-order valence-electron chi connectivity index (χ2n) is 4.78. The van der Waals surface area contributed by atoms with E-state index in [1.165, 1.54) is 13.2 Å². The van der Waals surface area contributed by atoms with Crippen molar-refractivity contribution in [3.05, 3.63) is 48.3 Å². The number of benzene rings is 1. The van der Waals surface area contributed by atoms with Gasteiger partial charge in [0.05, 0.1) is 12.8 Å². The number of alkyl halides is 3. The molecule has 0 amide bonds. The summed E-state index contributed by atoms with van der Waals surface area (Å²) in [5.41, 5.74) is -0.0948. The van der Waals surface area contributed by atoms with E-state index in [1.807, 2.05) is 0 Å². The molecule has 2 heterocycles. The maximum atomic E-state index is 12.6. The van der Waals surface area contributed by atoms with E-state index in [0.29, 0.717) is 17.0 Å². The van der Waals surface area contributed by atoms with Crippen molar-refractivity contribution in [2.45, 2.75) is 6.18 Å². The van der Waals surface area contributed by atoms with Crippen LogP contribution in [0.4, 0.5) is 13.2 Å². The highest BCUT2D eigenvalue weighted by Gasteiger charge is 2.33. The van der Waals surface area contributed by atoms with Gasteiger partial charge >= 0.3 is 6.18 Å². The second kappa shape index (κ2) is 5.84. The number of halogens is 3. The van der Waals surface area contributed by atoms with E-state index in [1.54, 1.807) is 24.3 Å². The maximum Gasteiger partial charge on any atom is 0.435 e. The third-order valence-electron chi connectivity index (χ3n) is 3.17. The number of ether oxygens (including phenoxy) is 1. The van der Waals surface area contributed by atoms with Gasteiger partial charge in [-0.05, 0) is 30.3 Å². The number of hydrogen-bond donors (Lipinski definition) is 1. The second-order valence-corrected chi connectivity index (χ2v) is 4.78. The first-order valence-electron chi connectivity index (χ1n) is 6.72. The smallest absolute Gasteiger partial charge is 0.435 e. The summed E-state index contributed by atoms with van der Waals surface area (Å²) in [6.45, 7) is 0. The minimum atomic E-state index is -4.57. The molecule has 1 aromatic carbocycles. The summed E-state index contributed by atoms with van der Waals surface area (Å²) < 4.78 is 43.8. The largest absolute Gasteiger partial charge is 0.497 e. The lowest BCUT2D eigenvalue weighted by molar-refractivity contribution is -0.141. The van der Waals surface area contributed by atoms with E-state index in [2.05, 4.69) is 15.1 Å². The number of nitrogens with zero attached hydrogens (tertiary/aromatic N) is 4. The van der Waals surface area contributed by atoms with Gasteiger partial charge in [-0.15, -0.1) is 0 Å². The molecule has 0 unspecified atom stereocenters. The van der Waals surface area contributed by atoms with Crippen LogP contribution < -0.4 is 4.74 Å². The molecule has 0 saturated heterocycles. The Morgan fingerprint density at radius 1 is 1.08 bits per heavy atom. The maximum absolute atomic E-state index is 12.6. The SMILES string of the molecule is COc1ccc(-c2cc(O)nc(-n3ccc(C(F)(F)F)n3)n2)cc1. The van der Waals surface area contributed by atoms with Crippen molar-refractivity contribution in [2.75, 3.05) is 7.11 Å². The van der Waals surface area contributed by atoms with Crippen LogP contribution in [-0.4, -0.2) is 32.0 Å². The van der Waals surface area contributed by atoms with Gasteiger partial charge in [0.25, 0.3) is 5.95 Å². The van der Waals surface area contributed by atoms with Gasteiger partial charge in [0.2, 0.25) is 5.88 Å². The molecule has 6 nitrogen and oxygen atoms in total. The standard InChI is InChI=1S/C15H11F3N4O2/c1-24-10-4-2-9(3-5-10)11-8-13(23)20-14(19-11)22-7-6-12(21-22)15(16,17)18/h2-8H,1H3,(H,19,20,23). The number of hydrogen-bond acceptors (Lipinski definition) is 5. The predicted octanol–water partition coefficient (Wildman–Crippen LogP) is 3.06. The molecule has 3 rings (SSSR count). The zero-order valence-corrected chi connectivity index (χ0v) is 12.3. The van der Waals surface area contributed by atoms with Crippen LogP contribution in [-0.2, 0) is 6.18 Å². The lowest BCUT2D eigenvalue weighted by atomic mass is 10.1. The summed E-state index contributed by atoms with van der Waals surface area (Å²) in [5, 5.41) is 13.1. The van der Waals surface area contributed by atoms with E-state index < -0.39 is 11.9 Å². The van der Waals surface area contributed by atoms with Gasteiger partial charge in [0, 0.05) is 17.8 Å². The first-order chi connectivity index (χ1) is 11.4. The molecule has 0 radical (unpaired) electrons. The van der Waals surface area contributed by atoms with Crippen LogP contribution in [0.15, 0.2) is 42.6 Å². The Hall–Kier alpha value is -3.10. The summed E-state index contributed by atoms with van der Waals surface area (Å²) in [4.78, 5) is 7.86. The highest BCUT2D eigenvalue weighted by atomic mass is 19.4. The normalized spacial score (nSPS) is 11.5. The summed E-state index contributed by atoms with van der Waals surface area (Å²) >= 11 is 0. The lowest BCUT2D eigenvalue weighted by Gasteiger charge is -2.06. The molecule has 1 N–H and O–H groups in total. The van der Waals surface area contributed by atoms with Gasteiger partial charge in [0.1, 0.15) is 5.75 Å². The molecule has 124 valence electrons. The Balaban J connectivity index is 2.01. The van der Waals surface area contributed by atoms with Crippen molar-refractivity contribution >= 4 is 0 Å². The first kappa shape index (κ1) is 15.8. The Kier molecular flexibility index (Phi) is 3.84. The fraction of sp³-hybridized carbons (Fsp3) is 0.133. The molecule has 24 heavy (non-hydrogen) atoms. The zero-order chi connectivity index (χ0) is 17.3. The minimum Gasteiger partial charge on any atom is -0.497 e. The first-order valence-corrected chi connectivity index (χ1v) is 6.72. The lowest BCUT2D eigenvalue weighted by Crippen LogP contribution is -2.09. The molecule has 0 aliphatic rings.